The van der Waals surface area contributed by atoms with Gasteiger partial charge in [-0.2, -0.15) is 0 Å². The molecule has 0 aliphatic rings. The molecule has 0 radical (unpaired) electrons. The molecule has 102 valence electrons. The van der Waals surface area contributed by atoms with Gasteiger partial charge in [-0.05, 0) is 55.7 Å². The van der Waals surface area contributed by atoms with E-state index in [1.807, 2.05) is 0 Å². The monoisotopic (exact) mass is 247 g/mol. The predicted molar refractivity (Wildman–Crippen MR) is 80.9 cm³/mol. The number of aryl methyl sites for hydroxylation is 2. The molecule has 0 aliphatic carbocycles. The first-order valence-corrected chi connectivity index (χ1v) is 7.40. The highest BCUT2D eigenvalue weighted by Crippen LogP contribution is 2.20. The Kier molecular flexibility index (Phi) is 6.42. The van der Waals surface area contributed by atoms with Crippen LogP contribution in [0.15, 0.2) is 18.2 Å². The van der Waals surface area contributed by atoms with Gasteiger partial charge in [-0.25, -0.2) is 0 Å². The molecule has 2 N–H and O–H groups in total. The molecule has 1 nitrogen and oxygen atoms in total. The van der Waals surface area contributed by atoms with Crippen molar-refractivity contribution < 1.29 is 0 Å². The van der Waals surface area contributed by atoms with Gasteiger partial charge < -0.3 is 5.73 Å². The van der Waals surface area contributed by atoms with Gasteiger partial charge in [0.15, 0.2) is 0 Å². The SMILES string of the molecule is CCCC(CCC)C(N)Cc1ccc(C)c(C)c1. The molecule has 1 atom stereocenters. The van der Waals surface area contributed by atoms with Crippen molar-refractivity contribution in [3.63, 3.8) is 0 Å². The summed E-state index contributed by atoms with van der Waals surface area (Å²) in [6.45, 7) is 8.85. The maximum Gasteiger partial charge on any atom is 0.0108 e. The molecule has 0 aliphatic heterocycles. The van der Waals surface area contributed by atoms with Crippen LogP contribution in [-0.2, 0) is 6.42 Å². The standard InChI is InChI=1S/C17H29N/c1-5-7-16(8-6-2)17(18)12-15-10-9-13(3)14(4)11-15/h9-11,16-17H,5-8,12,18H2,1-4H3. The molecule has 1 aromatic carbocycles. The normalized spacial score (nSPS) is 13.0. The van der Waals surface area contributed by atoms with Gasteiger partial charge in [0.1, 0.15) is 0 Å². The van der Waals surface area contributed by atoms with Gasteiger partial charge >= 0.3 is 0 Å². The molecule has 0 spiro atoms. The van der Waals surface area contributed by atoms with Crippen LogP contribution >= 0.6 is 0 Å². The first-order valence-electron chi connectivity index (χ1n) is 7.40. The van der Waals surface area contributed by atoms with E-state index in [-0.39, 0.29) is 0 Å². The lowest BCUT2D eigenvalue weighted by Crippen LogP contribution is -2.32. The van der Waals surface area contributed by atoms with Gasteiger partial charge in [0.25, 0.3) is 0 Å². The zero-order valence-electron chi connectivity index (χ0n) is 12.5. The second kappa shape index (κ2) is 7.58. The van der Waals surface area contributed by atoms with E-state index >= 15 is 0 Å². The van der Waals surface area contributed by atoms with Crippen LogP contribution in [0, 0.1) is 19.8 Å². The van der Waals surface area contributed by atoms with Crippen molar-refractivity contribution in [1.82, 2.24) is 0 Å². The quantitative estimate of drug-likeness (QED) is 0.760. The van der Waals surface area contributed by atoms with E-state index in [1.165, 1.54) is 42.4 Å². The minimum Gasteiger partial charge on any atom is -0.327 e. The third kappa shape index (κ3) is 4.45. The highest BCUT2D eigenvalue weighted by Gasteiger charge is 2.16. The number of rotatable bonds is 7. The van der Waals surface area contributed by atoms with E-state index in [4.69, 9.17) is 5.73 Å². The van der Waals surface area contributed by atoms with Crippen LogP contribution in [0.4, 0.5) is 0 Å². The lowest BCUT2D eigenvalue weighted by atomic mass is 9.87. The van der Waals surface area contributed by atoms with Crippen LogP contribution in [0.25, 0.3) is 0 Å². The highest BCUT2D eigenvalue weighted by molar-refractivity contribution is 5.30. The summed E-state index contributed by atoms with van der Waals surface area (Å²) in [7, 11) is 0. The number of hydrogen-bond donors (Lipinski definition) is 1. The van der Waals surface area contributed by atoms with E-state index in [0.717, 1.165) is 6.42 Å². The fourth-order valence-electron chi connectivity index (χ4n) is 2.68. The second-order valence-electron chi connectivity index (χ2n) is 5.62. The minimum atomic E-state index is 0.312. The van der Waals surface area contributed by atoms with Crippen molar-refractivity contribution in [2.45, 2.75) is 65.8 Å². The first-order chi connectivity index (χ1) is 8.58. The zero-order chi connectivity index (χ0) is 13.5. The van der Waals surface area contributed by atoms with Crippen molar-refractivity contribution in [2.24, 2.45) is 11.7 Å². The summed E-state index contributed by atoms with van der Waals surface area (Å²) in [5.74, 6) is 0.682. The number of hydrogen-bond acceptors (Lipinski definition) is 1. The molecule has 18 heavy (non-hydrogen) atoms. The molecular formula is C17H29N. The van der Waals surface area contributed by atoms with Gasteiger partial charge in [0.2, 0.25) is 0 Å². The van der Waals surface area contributed by atoms with E-state index in [0.29, 0.717) is 12.0 Å². The Balaban J connectivity index is 2.66. The molecule has 1 heteroatoms. The van der Waals surface area contributed by atoms with Crippen molar-refractivity contribution in [2.75, 3.05) is 0 Å². The summed E-state index contributed by atoms with van der Waals surface area (Å²) in [5, 5.41) is 0. The van der Waals surface area contributed by atoms with E-state index < -0.39 is 0 Å². The van der Waals surface area contributed by atoms with Gasteiger partial charge in [-0.1, -0.05) is 44.9 Å². The summed E-state index contributed by atoms with van der Waals surface area (Å²) in [5.41, 5.74) is 10.5. The lowest BCUT2D eigenvalue weighted by Gasteiger charge is -2.23. The van der Waals surface area contributed by atoms with Crippen molar-refractivity contribution in [1.29, 1.82) is 0 Å². The summed E-state index contributed by atoms with van der Waals surface area (Å²) < 4.78 is 0. The maximum atomic E-state index is 6.41. The Morgan fingerprint density at radius 3 is 2.11 bits per heavy atom. The molecule has 0 fully saturated rings. The summed E-state index contributed by atoms with van der Waals surface area (Å²) >= 11 is 0. The third-order valence-electron chi connectivity index (χ3n) is 3.97. The van der Waals surface area contributed by atoms with Gasteiger partial charge in [-0.15, -0.1) is 0 Å². The Morgan fingerprint density at radius 1 is 1.00 bits per heavy atom. The molecule has 0 amide bonds. The Labute approximate surface area is 113 Å². The van der Waals surface area contributed by atoms with Gasteiger partial charge in [-0.3, -0.25) is 0 Å². The Morgan fingerprint density at radius 2 is 1.61 bits per heavy atom. The largest absolute Gasteiger partial charge is 0.327 e. The van der Waals surface area contributed by atoms with Crippen LogP contribution in [0.3, 0.4) is 0 Å². The average Bonchev–Trinajstić information content (AvgIpc) is 2.33. The van der Waals surface area contributed by atoms with E-state index in [9.17, 15) is 0 Å². The first kappa shape index (κ1) is 15.2. The topological polar surface area (TPSA) is 26.0 Å². The summed E-state index contributed by atoms with van der Waals surface area (Å²) in [6.07, 6.45) is 6.03. The molecule has 0 heterocycles. The van der Waals surface area contributed by atoms with Gasteiger partial charge in [0, 0.05) is 6.04 Å². The molecule has 0 bridgehead atoms. The molecular weight excluding hydrogens is 218 g/mol. The zero-order valence-corrected chi connectivity index (χ0v) is 12.5. The molecule has 0 saturated heterocycles. The molecule has 1 aromatic rings. The van der Waals surface area contributed by atoms with Gasteiger partial charge in [0.05, 0.1) is 0 Å². The fraction of sp³-hybridized carbons (Fsp3) is 0.647. The summed E-state index contributed by atoms with van der Waals surface area (Å²) in [6, 6.07) is 7.06. The Bertz CT molecular complexity index is 351. The fourth-order valence-corrected chi connectivity index (χ4v) is 2.68. The van der Waals surface area contributed by atoms with Crippen LogP contribution < -0.4 is 5.73 Å². The second-order valence-corrected chi connectivity index (χ2v) is 5.62. The molecule has 1 rings (SSSR count). The summed E-state index contributed by atoms with van der Waals surface area (Å²) in [4.78, 5) is 0. The number of benzene rings is 1. The van der Waals surface area contributed by atoms with Crippen LogP contribution in [0.2, 0.25) is 0 Å². The third-order valence-corrected chi connectivity index (χ3v) is 3.97. The highest BCUT2D eigenvalue weighted by atomic mass is 14.6. The number of nitrogens with two attached hydrogens (primary N) is 1. The van der Waals surface area contributed by atoms with Crippen LogP contribution in [0.1, 0.15) is 56.2 Å². The van der Waals surface area contributed by atoms with Crippen molar-refractivity contribution in [3.05, 3.63) is 34.9 Å². The van der Waals surface area contributed by atoms with E-state index in [1.54, 1.807) is 0 Å². The predicted octanol–water partition coefficient (Wildman–Crippen LogP) is 4.39. The van der Waals surface area contributed by atoms with Crippen molar-refractivity contribution >= 4 is 0 Å². The van der Waals surface area contributed by atoms with E-state index in [2.05, 4.69) is 45.9 Å². The van der Waals surface area contributed by atoms with Crippen molar-refractivity contribution in [3.8, 4) is 0 Å². The molecule has 0 aromatic heterocycles. The van der Waals surface area contributed by atoms with Crippen LogP contribution in [-0.4, -0.2) is 6.04 Å². The maximum absolute atomic E-state index is 6.41. The lowest BCUT2D eigenvalue weighted by molar-refractivity contribution is 0.360. The molecule has 0 saturated carbocycles. The average molecular weight is 247 g/mol. The van der Waals surface area contributed by atoms with Crippen LogP contribution in [0.5, 0.6) is 0 Å². The molecule has 1 unspecified atom stereocenters. The smallest absolute Gasteiger partial charge is 0.0108 e. The Hall–Kier alpha value is -0.820. The minimum absolute atomic E-state index is 0.312.